The van der Waals surface area contributed by atoms with Crippen molar-refractivity contribution in [2.75, 3.05) is 0 Å². The van der Waals surface area contributed by atoms with E-state index in [0.717, 1.165) is 11.5 Å². The zero-order valence-corrected chi connectivity index (χ0v) is 10.8. The van der Waals surface area contributed by atoms with Crippen LogP contribution in [0.5, 0.6) is 5.75 Å². The van der Waals surface area contributed by atoms with Crippen LogP contribution >= 0.6 is 0 Å². The van der Waals surface area contributed by atoms with Crippen molar-refractivity contribution in [2.45, 2.75) is 6.92 Å². The van der Waals surface area contributed by atoms with E-state index >= 15 is 0 Å². The fraction of sp³-hybridized carbons (Fsp3) is 0.0667. The number of nitrogens with zero attached hydrogens (tertiary/aromatic N) is 2. The minimum atomic E-state index is 0.105. The maximum atomic E-state index is 9.72. The standard InChI is InChI=1S/C15H12N2O3/c1-10-6-7-11(19-10)8-9-14-16-15(20-17-14)12-4-2-3-5-13(12)18/h2-9,18H,1H3. The van der Waals surface area contributed by atoms with Gasteiger partial charge in [-0.3, -0.25) is 0 Å². The summed E-state index contributed by atoms with van der Waals surface area (Å²) in [5.74, 6) is 2.35. The van der Waals surface area contributed by atoms with E-state index in [2.05, 4.69) is 10.1 Å². The third-order valence-electron chi connectivity index (χ3n) is 2.73. The Morgan fingerprint density at radius 2 is 1.95 bits per heavy atom. The van der Waals surface area contributed by atoms with Crippen LogP contribution in [-0.4, -0.2) is 15.2 Å². The second-order valence-corrected chi connectivity index (χ2v) is 4.26. The molecular formula is C15H12N2O3. The predicted molar refractivity (Wildman–Crippen MR) is 73.8 cm³/mol. The highest BCUT2D eigenvalue weighted by Gasteiger charge is 2.10. The number of rotatable bonds is 3. The first kappa shape index (κ1) is 12.2. The van der Waals surface area contributed by atoms with Crippen molar-refractivity contribution in [3.63, 3.8) is 0 Å². The molecule has 0 unspecified atom stereocenters. The maximum Gasteiger partial charge on any atom is 0.261 e. The topological polar surface area (TPSA) is 72.3 Å². The Balaban J connectivity index is 1.84. The van der Waals surface area contributed by atoms with Crippen molar-refractivity contribution < 1.29 is 14.0 Å². The molecule has 3 rings (SSSR count). The van der Waals surface area contributed by atoms with Crippen molar-refractivity contribution in [2.24, 2.45) is 0 Å². The summed E-state index contributed by atoms with van der Waals surface area (Å²) in [6, 6.07) is 10.5. The zero-order chi connectivity index (χ0) is 13.9. The van der Waals surface area contributed by atoms with Crippen LogP contribution < -0.4 is 0 Å². The van der Waals surface area contributed by atoms with Crippen molar-refractivity contribution in [3.05, 3.63) is 53.7 Å². The highest BCUT2D eigenvalue weighted by Crippen LogP contribution is 2.27. The largest absolute Gasteiger partial charge is 0.507 e. The first-order chi connectivity index (χ1) is 9.72. The fourth-order valence-electron chi connectivity index (χ4n) is 1.77. The lowest BCUT2D eigenvalue weighted by Gasteiger charge is -1.96. The molecule has 3 aromatic rings. The van der Waals surface area contributed by atoms with Gasteiger partial charge in [0.1, 0.15) is 17.3 Å². The van der Waals surface area contributed by atoms with Crippen molar-refractivity contribution in [1.29, 1.82) is 0 Å². The van der Waals surface area contributed by atoms with Gasteiger partial charge in [-0.1, -0.05) is 17.3 Å². The molecule has 100 valence electrons. The van der Waals surface area contributed by atoms with Gasteiger partial charge in [0.05, 0.1) is 5.56 Å². The van der Waals surface area contributed by atoms with Crippen LogP contribution in [-0.2, 0) is 0 Å². The predicted octanol–water partition coefficient (Wildman–Crippen LogP) is 3.51. The van der Waals surface area contributed by atoms with E-state index in [4.69, 9.17) is 8.94 Å². The van der Waals surface area contributed by atoms with Crippen LogP contribution in [0.1, 0.15) is 17.3 Å². The molecule has 0 spiro atoms. The van der Waals surface area contributed by atoms with E-state index in [1.54, 1.807) is 36.4 Å². The van der Waals surface area contributed by atoms with E-state index in [1.165, 1.54) is 0 Å². The summed E-state index contributed by atoms with van der Waals surface area (Å²) in [5.41, 5.74) is 0.508. The third-order valence-corrected chi connectivity index (χ3v) is 2.73. The summed E-state index contributed by atoms with van der Waals surface area (Å²) in [4.78, 5) is 4.20. The SMILES string of the molecule is Cc1ccc(C=Cc2noc(-c3ccccc3O)n2)o1. The van der Waals surface area contributed by atoms with Gasteiger partial charge in [0.2, 0.25) is 0 Å². The molecule has 0 amide bonds. The number of furan rings is 1. The van der Waals surface area contributed by atoms with E-state index in [9.17, 15) is 5.11 Å². The number of benzene rings is 1. The summed E-state index contributed by atoms with van der Waals surface area (Å²) in [6.07, 6.45) is 3.44. The van der Waals surface area contributed by atoms with Gasteiger partial charge in [-0.05, 0) is 43.3 Å². The Labute approximate surface area is 115 Å². The molecule has 0 aliphatic rings. The number of para-hydroxylation sites is 1. The highest BCUT2D eigenvalue weighted by atomic mass is 16.5. The average molecular weight is 268 g/mol. The van der Waals surface area contributed by atoms with E-state index < -0.39 is 0 Å². The summed E-state index contributed by atoms with van der Waals surface area (Å²) in [5, 5.41) is 13.6. The quantitative estimate of drug-likeness (QED) is 0.786. The maximum absolute atomic E-state index is 9.72. The molecule has 2 heterocycles. The summed E-state index contributed by atoms with van der Waals surface area (Å²) in [6.45, 7) is 1.88. The fourth-order valence-corrected chi connectivity index (χ4v) is 1.77. The van der Waals surface area contributed by atoms with Crippen LogP contribution in [0.15, 0.2) is 45.3 Å². The third kappa shape index (κ3) is 2.47. The van der Waals surface area contributed by atoms with Crippen LogP contribution in [0.4, 0.5) is 0 Å². The molecule has 0 bridgehead atoms. The Hall–Kier alpha value is -2.82. The number of aromatic hydroxyl groups is 1. The van der Waals surface area contributed by atoms with Gasteiger partial charge in [0, 0.05) is 0 Å². The molecule has 0 aliphatic heterocycles. The van der Waals surface area contributed by atoms with Gasteiger partial charge in [-0.15, -0.1) is 0 Å². The van der Waals surface area contributed by atoms with Crippen LogP contribution in [0.2, 0.25) is 0 Å². The summed E-state index contributed by atoms with van der Waals surface area (Å²) in [7, 11) is 0. The van der Waals surface area contributed by atoms with Crippen LogP contribution in [0.3, 0.4) is 0 Å². The number of phenols is 1. The zero-order valence-electron chi connectivity index (χ0n) is 10.8. The van der Waals surface area contributed by atoms with Gasteiger partial charge in [0.15, 0.2) is 5.82 Å². The first-order valence-electron chi connectivity index (χ1n) is 6.09. The number of hydrogen-bond acceptors (Lipinski definition) is 5. The van der Waals surface area contributed by atoms with E-state index in [-0.39, 0.29) is 11.6 Å². The number of aromatic nitrogens is 2. The summed E-state index contributed by atoms with van der Waals surface area (Å²) < 4.78 is 10.5. The van der Waals surface area contributed by atoms with Crippen LogP contribution in [0, 0.1) is 6.92 Å². The van der Waals surface area contributed by atoms with E-state index in [1.807, 2.05) is 19.1 Å². The van der Waals surface area contributed by atoms with Gasteiger partial charge >= 0.3 is 0 Å². The molecule has 1 aromatic carbocycles. The molecule has 0 saturated carbocycles. The molecule has 5 heteroatoms. The first-order valence-corrected chi connectivity index (χ1v) is 6.09. The molecular weight excluding hydrogens is 256 g/mol. The monoisotopic (exact) mass is 268 g/mol. The number of phenolic OH excluding ortho intramolecular Hbond substituents is 1. The highest BCUT2D eigenvalue weighted by molar-refractivity contribution is 5.66. The average Bonchev–Trinajstić information content (AvgIpc) is 3.06. The summed E-state index contributed by atoms with van der Waals surface area (Å²) >= 11 is 0. The van der Waals surface area contributed by atoms with Gasteiger partial charge in [-0.2, -0.15) is 4.98 Å². The molecule has 5 nitrogen and oxygen atoms in total. The smallest absolute Gasteiger partial charge is 0.261 e. The Morgan fingerprint density at radius 3 is 2.70 bits per heavy atom. The lowest BCUT2D eigenvalue weighted by atomic mass is 10.2. The molecule has 20 heavy (non-hydrogen) atoms. The molecule has 0 aliphatic carbocycles. The van der Waals surface area contributed by atoms with Crippen molar-refractivity contribution >= 4 is 12.2 Å². The minimum Gasteiger partial charge on any atom is -0.507 e. The minimum absolute atomic E-state index is 0.105. The Kier molecular flexibility index (Phi) is 3.09. The molecule has 0 radical (unpaired) electrons. The Morgan fingerprint density at radius 1 is 1.10 bits per heavy atom. The Bertz CT molecular complexity index is 756. The van der Waals surface area contributed by atoms with Crippen LogP contribution in [0.25, 0.3) is 23.6 Å². The normalized spacial score (nSPS) is 11.2. The second-order valence-electron chi connectivity index (χ2n) is 4.26. The second kappa shape index (κ2) is 5.05. The molecule has 2 aromatic heterocycles. The molecule has 0 atom stereocenters. The lowest BCUT2D eigenvalue weighted by molar-refractivity contribution is 0.423. The van der Waals surface area contributed by atoms with Crippen molar-refractivity contribution in [1.82, 2.24) is 10.1 Å². The molecule has 0 saturated heterocycles. The van der Waals surface area contributed by atoms with Gasteiger partial charge in [-0.25, -0.2) is 0 Å². The van der Waals surface area contributed by atoms with Gasteiger partial charge in [0.25, 0.3) is 5.89 Å². The van der Waals surface area contributed by atoms with E-state index in [0.29, 0.717) is 11.4 Å². The van der Waals surface area contributed by atoms with Gasteiger partial charge < -0.3 is 14.0 Å². The number of aryl methyl sites for hydroxylation is 1. The van der Waals surface area contributed by atoms with Crippen molar-refractivity contribution in [3.8, 4) is 17.2 Å². The lowest BCUT2D eigenvalue weighted by Crippen LogP contribution is -1.79. The number of hydrogen-bond donors (Lipinski definition) is 1. The molecule has 0 fully saturated rings. The molecule has 1 N–H and O–H groups in total.